The summed E-state index contributed by atoms with van der Waals surface area (Å²) < 4.78 is 5.21. The normalized spacial score (nSPS) is 10.9. The van der Waals surface area contributed by atoms with Gasteiger partial charge < -0.3 is 21.1 Å². The monoisotopic (exact) mass is 418 g/mol. The Morgan fingerprint density at radius 2 is 1.65 bits per heavy atom. The molecule has 0 unspecified atom stereocenters. The second kappa shape index (κ2) is 9.30. The molecule has 7 heteroatoms. The molecule has 31 heavy (non-hydrogen) atoms. The van der Waals surface area contributed by atoms with Crippen molar-refractivity contribution in [3.05, 3.63) is 77.9 Å². The van der Waals surface area contributed by atoms with Gasteiger partial charge in [0, 0.05) is 17.7 Å². The first-order valence-corrected chi connectivity index (χ1v) is 9.90. The minimum Gasteiger partial charge on any atom is -0.444 e. The highest BCUT2D eigenvalue weighted by atomic mass is 16.6. The van der Waals surface area contributed by atoms with Crippen molar-refractivity contribution in [2.45, 2.75) is 32.9 Å². The second-order valence-electron chi connectivity index (χ2n) is 8.01. The number of ether oxygens (including phenoxy) is 1. The van der Waals surface area contributed by atoms with Gasteiger partial charge in [-0.3, -0.25) is 4.79 Å². The van der Waals surface area contributed by atoms with E-state index in [0.29, 0.717) is 29.3 Å². The van der Waals surface area contributed by atoms with Crippen LogP contribution in [0, 0.1) is 0 Å². The number of rotatable bonds is 5. The summed E-state index contributed by atoms with van der Waals surface area (Å²) in [5, 5.41) is 5.45. The summed E-state index contributed by atoms with van der Waals surface area (Å²) in [4.78, 5) is 28.9. The molecule has 0 aliphatic heterocycles. The summed E-state index contributed by atoms with van der Waals surface area (Å²) in [6.07, 6.45) is -0.492. The Bertz CT molecular complexity index is 1060. The lowest BCUT2D eigenvalue weighted by molar-refractivity contribution is 0.0523. The topological polar surface area (TPSA) is 106 Å². The largest absolute Gasteiger partial charge is 0.444 e. The van der Waals surface area contributed by atoms with Gasteiger partial charge in [-0.15, -0.1) is 0 Å². The van der Waals surface area contributed by atoms with Gasteiger partial charge in [0.15, 0.2) is 5.82 Å². The molecule has 2 amide bonds. The number of pyridine rings is 1. The van der Waals surface area contributed by atoms with Crippen molar-refractivity contribution in [1.29, 1.82) is 0 Å². The quantitative estimate of drug-likeness (QED) is 0.561. The van der Waals surface area contributed by atoms with E-state index in [1.807, 2.05) is 36.4 Å². The van der Waals surface area contributed by atoms with Crippen LogP contribution in [0.25, 0.3) is 11.3 Å². The van der Waals surface area contributed by atoms with Crippen LogP contribution >= 0.6 is 0 Å². The number of hydrogen-bond acceptors (Lipinski definition) is 5. The minimum atomic E-state index is -0.556. The van der Waals surface area contributed by atoms with Crippen molar-refractivity contribution in [2.24, 2.45) is 0 Å². The molecule has 0 spiro atoms. The van der Waals surface area contributed by atoms with E-state index >= 15 is 0 Å². The first-order chi connectivity index (χ1) is 14.7. The Morgan fingerprint density at radius 3 is 2.29 bits per heavy atom. The van der Waals surface area contributed by atoms with Crippen molar-refractivity contribution in [3.63, 3.8) is 0 Å². The average molecular weight is 418 g/mol. The number of benzene rings is 2. The van der Waals surface area contributed by atoms with Gasteiger partial charge in [-0.1, -0.05) is 42.5 Å². The molecule has 1 heterocycles. The number of aromatic nitrogens is 1. The number of amides is 2. The maximum atomic E-state index is 12.7. The van der Waals surface area contributed by atoms with Gasteiger partial charge in [0.05, 0.1) is 11.4 Å². The van der Waals surface area contributed by atoms with Gasteiger partial charge in [-0.05, 0) is 50.6 Å². The van der Waals surface area contributed by atoms with E-state index < -0.39 is 11.7 Å². The lowest BCUT2D eigenvalue weighted by atomic mass is 10.1. The fraction of sp³-hybridized carbons (Fsp3) is 0.208. The van der Waals surface area contributed by atoms with Gasteiger partial charge >= 0.3 is 6.09 Å². The van der Waals surface area contributed by atoms with Gasteiger partial charge in [0.2, 0.25) is 0 Å². The predicted molar refractivity (Wildman–Crippen MR) is 122 cm³/mol. The molecule has 0 bridgehead atoms. The summed E-state index contributed by atoms with van der Waals surface area (Å²) in [5.74, 6) is -0.0157. The van der Waals surface area contributed by atoms with Crippen LogP contribution in [0.2, 0.25) is 0 Å². The summed E-state index contributed by atoms with van der Waals surface area (Å²) in [5.41, 5.74) is 8.76. The maximum absolute atomic E-state index is 12.7. The van der Waals surface area contributed by atoms with Crippen molar-refractivity contribution >= 4 is 23.5 Å². The van der Waals surface area contributed by atoms with E-state index in [-0.39, 0.29) is 5.91 Å². The summed E-state index contributed by atoms with van der Waals surface area (Å²) in [6, 6.07) is 20.1. The highest BCUT2D eigenvalue weighted by Crippen LogP contribution is 2.23. The number of nitrogen functional groups attached to an aromatic ring is 1. The zero-order valence-electron chi connectivity index (χ0n) is 17.8. The zero-order chi connectivity index (χ0) is 22.4. The molecule has 0 radical (unpaired) electrons. The minimum absolute atomic E-state index is 0.296. The van der Waals surface area contributed by atoms with E-state index in [1.54, 1.807) is 51.1 Å². The highest BCUT2D eigenvalue weighted by Gasteiger charge is 2.16. The third-order valence-corrected chi connectivity index (χ3v) is 4.28. The third kappa shape index (κ3) is 6.30. The van der Waals surface area contributed by atoms with Gasteiger partial charge in [-0.25, -0.2) is 9.78 Å². The Labute approximate surface area is 181 Å². The number of nitrogens with zero attached hydrogens (tertiary/aromatic N) is 1. The molecule has 1 aromatic heterocycles. The number of alkyl carbamates (subject to hydrolysis) is 1. The van der Waals surface area contributed by atoms with Crippen LogP contribution < -0.4 is 16.4 Å². The number of anilines is 2. The Hall–Kier alpha value is -3.87. The van der Waals surface area contributed by atoms with Crippen LogP contribution in [0.4, 0.5) is 16.3 Å². The number of nitrogens with one attached hydrogen (secondary N) is 2. The molecule has 7 nitrogen and oxygen atoms in total. The summed E-state index contributed by atoms with van der Waals surface area (Å²) in [7, 11) is 0. The number of carbonyl (C=O) groups excluding carboxylic acids is 2. The summed E-state index contributed by atoms with van der Waals surface area (Å²) in [6.45, 7) is 5.70. The first-order valence-electron chi connectivity index (χ1n) is 9.90. The molecule has 160 valence electrons. The molecule has 0 saturated heterocycles. The Balaban J connectivity index is 1.64. The molecular formula is C24H26N4O3. The predicted octanol–water partition coefficient (Wildman–Crippen LogP) is 4.61. The maximum Gasteiger partial charge on any atom is 0.407 e. The molecule has 0 fully saturated rings. The molecule has 3 aromatic rings. The Kier molecular flexibility index (Phi) is 6.55. The molecule has 4 N–H and O–H groups in total. The van der Waals surface area contributed by atoms with Crippen molar-refractivity contribution in [1.82, 2.24) is 10.3 Å². The SMILES string of the molecule is CC(C)(C)OC(=O)NCc1ccc(C(=O)Nc2nc(-c3ccccc3)ccc2N)cc1. The second-order valence-corrected chi connectivity index (χ2v) is 8.01. The highest BCUT2D eigenvalue weighted by molar-refractivity contribution is 6.05. The number of hydrogen-bond donors (Lipinski definition) is 3. The van der Waals surface area contributed by atoms with Crippen LogP contribution in [0.3, 0.4) is 0 Å². The van der Waals surface area contributed by atoms with E-state index in [9.17, 15) is 9.59 Å². The standard InChI is InChI=1S/C24H26N4O3/c1-24(2,3)31-23(30)26-15-16-9-11-18(12-10-16)22(29)28-21-19(25)13-14-20(27-21)17-7-5-4-6-8-17/h4-14H,15,25H2,1-3H3,(H,26,30)(H,27,28,29). The zero-order valence-corrected chi connectivity index (χ0v) is 17.8. The van der Waals surface area contributed by atoms with Crippen molar-refractivity contribution in [3.8, 4) is 11.3 Å². The van der Waals surface area contributed by atoms with Crippen molar-refractivity contribution < 1.29 is 14.3 Å². The molecule has 0 saturated carbocycles. The van der Waals surface area contributed by atoms with Crippen LogP contribution in [0.15, 0.2) is 66.7 Å². The van der Waals surface area contributed by atoms with Crippen LogP contribution in [0.1, 0.15) is 36.7 Å². The van der Waals surface area contributed by atoms with E-state index in [4.69, 9.17) is 10.5 Å². The van der Waals surface area contributed by atoms with E-state index in [1.165, 1.54) is 0 Å². The first kappa shape index (κ1) is 21.8. The molecule has 3 rings (SSSR count). The van der Waals surface area contributed by atoms with Gasteiger partial charge in [0.1, 0.15) is 5.60 Å². The molecule has 0 aliphatic rings. The fourth-order valence-electron chi connectivity index (χ4n) is 2.78. The fourth-order valence-corrected chi connectivity index (χ4v) is 2.78. The smallest absolute Gasteiger partial charge is 0.407 e. The molecule has 0 atom stereocenters. The third-order valence-electron chi connectivity index (χ3n) is 4.28. The Morgan fingerprint density at radius 1 is 0.968 bits per heavy atom. The van der Waals surface area contributed by atoms with Gasteiger partial charge in [-0.2, -0.15) is 0 Å². The van der Waals surface area contributed by atoms with E-state index in [2.05, 4.69) is 15.6 Å². The van der Waals surface area contributed by atoms with Crippen LogP contribution in [-0.4, -0.2) is 22.6 Å². The molecular weight excluding hydrogens is 392 g/mol. The lowest BCUT2D eigenvalue weighted by Gasteiger charge is -2.19. The van der Waals surface area contributed by atoms with Crippen LogP contribution in [0.5, 0.6) is 0 Å². The van der Waals surface area contributed by atoms with Crippen LogP contribution in [-0.2, 0) is 11.3 Å². The number of nitrogens with two attached hydrogens (primary N) is 1. The van der Waals surface area contributed by atoms with Gasteiger partial charge in [0.25, 0.3) is 5.91 Å². The van der Waals surface area contributed by atoms with E-state index in [0.717, 1.165) is 11.1 Å². The number of carbonyl (C=O) groups is 2. The molecule has 2 aromatic carbocycles. The average Bonchev–Trinajstić information content (AvgIpc) is 2.73. The lowest BCUT2D eigenvalue weighted by Crippen LogP contribution is -2.32. The molecule has 0 aliphatic carbocycles. The summed E-state index contributed by atoms with van der Waals surface area (Å²) >= 11 is 0. The van der Waals surface area contributed by atoms with Crippen molar-refractivity contribution in [2.75, 3.05) is 11.1 Å².